The first-order valence-corrected chi connectivity index (χ1v) is 6.43. The second kappa shape index (κ2) is 5.47. The highest BCUT2D eigenvalue weighted by atomic mass is 35.5. The van der Waals surface area contributed by atoms with E-state index < -0.39 is 17.4 Å². The van der Waals surface area contributed by atoms with Gasteiger partial charge in [0.15, 0.2) is 11.5 Å². The van der Waals surface area contributed by atoms with E-state index in [4.69, 9.17) is 11.6 Å². The molecule has 0 saturated heterocycles. The Morgan fingerprint density at radius 2 is 2.00 bits per heavy atom. The summed E-state index contributed by atoms with van der Waals surface area (Å²) in [5, 5.41) is 6.71. The molecule has 0 atom stereocenters. The Labute approximate surface area is 130 Å². The van der Waals surface area contributed by atoms with Gasteiger partial charge in [-0.25, -0.2) is 14.6 Å². The molecule has 3 heterocycles. The van der Waals surface area contributed by atoms with Crippen molar-refractivity contribution in [3.05, 3.63) is 51.9 Å². The van der Waals surface area contributed by atoms with E-state index >= 15 is 0 Å². The van der Waals surface area contributed by atoms with E-state index in [2.05, 4.69) is 25.3 Å². The molecule has 3 aromatic rings. The van der Waals surface area contributed by atoms with Crippen LogP contribution >= 0.6 is 11.6 Å². The SMILES string of the molecule is O=c1cc(-c2cc(Cl)cnc2-n2cc(C(F)(F)F)nn2)nc[nH]1. The maximum atomic E-state index is 12.6. The maximum Gasteiger partial charge on any atom is 0.436 e. The molecule has 0 spiro atoms. The minimum atomic E-state index is -4.63. The van der Waals surface area contributed by atoms with Crippen LogP contribution in [0.1, 0.15) is 5.69 Å². The van der Waals surface area contributed by atoms with Gasteiger partial charge in [0.1, 0.15) is 0 Å². The molecular weight excluding hydrogens is 337 g/mol. The first-order chi connectivity index (χ1) is 10.8. The van der Waals surface area contributed by atoms with E-state index in [0.29, 0.717) is 6.20 Å². The molecule has 0 aromatic carbocycles. The zero-order valence-electron chi connectivity index (χ0n) is 11.0. The Morgan fingerprint density at radius 3 is 2.65 bits per heavy atom. The molecule has 23 heavy (non-hydrogen) atoms. The average Bonchev–Trinajstić information content (AvgIpc) is 2.97. The second-order valence-corrected chi connectivity index (χ2v) is 4.80. The van der Waals surface area contributed by atoms with E-state index in [1.165, 1.54) is 18.3 Å². The lowest BCUT2D eigenvalue weighted by Crippen LogP contribution is -2.07. The van der Waals surface area contributed by atoms with Crippen LogP contribution in [-0.2, 0) is 6.18 Å². The molecule has 3 aromatic heterocycles. The fourth-order valence-electron chi connectivity index (χ4n) is 1.82. The molecule has 0 aliphatic heterocycles. The summed E-state index contributed by atoms with van der Waals surface area (Å²) in [6.45, 7) is 0. The normalized spacial score (nSPS) is 11.7. The molecule has 0 radical (unpaired) electrons. The topological polar surface area (TPSA) is 89.3 Å². The smallest absolute Gasteiger partial charge is 0.313 e. The Kier molecular flexibility index (Phi) is 3.60. The molecule has 1 N–H and O–H groups in total. The largest absolute Gasteiger partial charge is 0.436 e. The number of hydrogen-bond donors (Lipinski definition) is 1. The van der Waals surface area contributed by atoms with E-state index in [-0.39, 0.29) is 22.1 Å². The van der Waals surface area contributed by atoms with Crippen molar-refractivity contribution < 1.29 is 13.2 Å². The van der Waals surface area contributed by atoms with Crippen LogP contribution in [0.4, 0.5) is 13.2 Å². The van der Waals surface area contributed by atoms with Crippen molar-refractivity contribution >= 4 is 11.6 Å². The third-order valence-electron chi connectivity index (χ3n) is 2.79. The summed E-state index contributed by atoms with van der Waals surface area (Å²) in [7, 11) is 0. The molecule has 0 aliphatic rings. The van der Waals surface area contributed by atoms with Crippen molar-refractivity contribution in [2.24, 2.45) is 0 Å². The fourth-order valence-corrected chi connectivity index (χ4v) is 1.97. The van der Waals surface area contributed by atoms with Crippen LogP contribution in [0, 0.1) is 0 Å². The quantitative estimate of drug-likeness (QED) is 0.770. The first kappa shape index (κ1) is 15.2. The highest BCUT2D eigenvalue weighted by Gasteiger charge is 2.34. The van der Waals surface area contributed by atoms with E-state index in [1.54, 1.807) is 0 Å². The number of aromatic nitrogens is 6. The number of nitrogens with one attached hydrogen (secondary N) is 1. The zero-order chi connectivity index (χ0) is 16.6. The Morgan fingerprint density at radius 1 is 1.22 bits per heavy atom. The van der Waals surface area contributed by atoms with Crippen molar-refractivity contribution in [2.75, 3.05) is 0 Å². The van der Waals surface area contributed by atoms with Crippen LogP contribution in [0.2, 0.25) is 5.02 Å². The van der Waals surface area contributed by atoms with Crippen LogP contribution in [0.5, 0.6) is 0 Å². The van der Waals surface area contributed by atoms with Gasteiger partial charge in [0.05, 0.1) is 23.2 Å². The number of nitrogens with zero attached hydrogens (tertiary/aromatic N) is 5. The lowest BCUT2D eigenvalue weighted by atomic mass is 10.2. The monoisotopic (exact) mass is 342 g/mol. The van der Waals surface area contributed by atoms with Crippen molar-refractivity contribution in [3.8, 4) is 17.1 Å². The van der Waals surface area contributed by atoms with Crippen LogP contribution in [-0.4, -0.2) is 29.9 Å². The van der Waals surface area contributed by atoms with E-state index in [9.17, 15) is 18.0 Å². The summed E-state index contributed by atoms with van der Waals surface area (Å²) in [4.78, 5) is 21.6. The third-order valence-corrected chi connectivity index (χ3v) is 3.00. The summed E-state index contributed by atoms with van der Waals surface area (Å²) >= 11 is 5.87. The van der Waals surface area contributed by atoms with Crippen molar-refractivity contribution in [1.29, 1.82) is 0 Å². The molecule has 0 fully saturated rings. The van der Waals surface area contributed by atoms with Gasteiger partial charge in [0.25, 0.3) is 5.56 Å². The molecule has 11 heteroatoms. The van der Waals surface area contributed by atoms with Crippen LogP contribution in [0.25, 0.3) is 17.1 Å². The van der Waals surface area contributed by atoms with Gasteiger partial charge in [-0.05, 0) is 6.07 Å². The number of hydrogen-bond acceptors (Lipinski definition) is 5. The van der Waals surface area contributed by atoms with Crippen LogP contribution in [0.3, 0.4) is 0 Å². The maximum absolute atomic E-state index is 12.6. The van der Waals surface area contributed by atoms with Crippen LogP contribution < -0.4 is 5.56 Å². The van der Waals surface area contributed by atoms with Gasteiger partial charge in [0, 0.05) is 17.8 Å². The lowest BCUT2D eigenvalue weighted by molar-refractivity contribution is -0.141. The van der Waals surface area contributed by atoms with E-state index in [0.717, 1.165) is 11.0 Å². The average molecular weight is 343 g/mol. The van der Waals surface area contributed by atoms with Crippen molar-refractivity contribution in [3.63, 3.8) is 0 Å². The van der Waals surface area contributed by atoms with Crippen molar-refractivity contribution in [1.82, 2.24) is 29.9 Å². The second-order valence-electron chi connectivity index (χ2n) is 4.37. The Hall–Kier alpha value is -2.75. The van der Waals surface area contributed by atoms with Gasteiger partial charge in [-0.15, -0.1) is 5.10 Å². The molecule has 0 amide bonds. The number of halogens is 4. The van der Waals surface area contributed by atoms with Gasteiger partial charge < -0.3 is 4.98 Å². The molecule has 7 nitrogen and oxygen atoms in total. The Balaban J connectivity index is 2.17. The predicted octanol–water partition coefficient (Wildman–Crippen LogP) is 2.08. The van der Waals surface area contributed by atoms with Gasteiger partial charge in [0.2, 0.25) is 0 Å². The lowest BCUT2D eigenvalue weighted by Gasteiger charge is -2.07. The molecule has 3 rings (SSSR count). The van der Waals surface area contributed by atoms with Gasteiger partial charge in [-0.1, -0.05) is 16.8 Å². The summed E-state index contributed by atoms with van der Waals surface area (Å²) < 4.78 is 38.8. The summed E-state index contributed by atoms with van der Waals surface area (Å²) in [5.74, 6) is 0.00972. The highest BCUT2D eigenvalue weighted by molar-refractivity contribution is 6.30. The van der Waals surface area contributed by atoms with Gasteiger partial charge in [-0.2, -0.15) is 13.2 Å². The third kappa shape index (κ3) is 3.06. The summed E-state index contributed by atoms with van der Waals surface area (Å²) in [6.07, 6.45) is -1.55. The molecule has 0 bridgehead atoms. The number of rotatable bonds is 2. The number of alkyl halides is 3. The first-order valence-electron chi connectivity index (χ1n) is 6.05. The minimum Gasteiger partial charge on any atom is -0.313 e. The predicted molar refractivity (Wildman–Crippen MR) is 73.0 cm³/mol. The van der Waals surface area contributed by atoms with Crippen molar-refractivity contribution in [2.45, 2.75) is 6.18 Å². The Bertz CT molecular complexity index is 919. The molecule has 0 saturated carbocycles. The molecular formula is C12H6ClF3N6O. The molecule has 118 valence electrons. The number of pyridine rings is 1. The standard InChI is InChI=1S/C12H6ClF3N6O/c13-6-1-7(8-2-10(23)19-5-18-8)11(17-3-6)22-4-9(20-21-22)12(14,15)16/h1-5H,(H,18,19,23). The summed E-state index contributed by atoms with van der Waals surface area (Å²) in [6, 6.07) is 2.58. The number of H-pyrrole nitrogens is 1. The van der Waals surface area contributed by atoms with E-state index in [1.807, 2.05) is 0 Å². The minimum absolute atomic E-state index is 0.00972. The zero-order valence-corrected chi connectivity index (χ0v) is 11.8. The fraction of sp³-hybridized carbons (Fsp3) is 0.0833. The summed E-state index contributed by atoms with van der Waals surface area (Å²) in [5.41, 5.74) is -1.18. The van der Waals surface area contributed by atoms with Gasteiger partial charge in [-0.3, -0.25) is 4.79 Å². The molecule has 0 unspecified atom stereocenters. The van der Waals surface area contributed by atoms with Crippen LogP contribution in [0.15, 0.2) is 35.6 Å². The van der Waals surface area contributed by atoms with Gasteiger partial charge >= 0.3 is 6.18 Å². The highest BCUT2D eigenvalue weighted by Crippen LogP contribution is 2.29. The molecule has 0 aliphatic carbocycles. The number of aromatic amines is 1.